The summed E-state index contributed by atoms with van der Waals surface area (Å²) in [5.74, 6) is -5.05. The lowest BCUT2D eigenvalue weighted by molar-refractivity contribution is -0.125. The van der Waals surface area contributed by atoms with Crippen LogP contribution in [-0.4, -0.2) is 51.0 Å². The Hall–Kier alpha value is -2.75. The molecule has 1 aliphatic heterocycles. The number of nitrogens with one attached hydrogen (secondary N) is 2. The number of likely N-dealkylation sites (tertiary alicyclic amines) is 1. The van der Waals surface area contributed by atoms with Gasteiger partial charge in [-0.25, -0.2) is 23.3 Å². The summed E-state index contributed by atoms with van der Waals surface area (Å²) in [6, 6.07) is 4.18. The number of amides is 1. The lowest BCUT2D eigenvalue weighted by Crippen LogP contribution is -2.52. The highest BCUT2D eigenvalue weighted by Crippen LogP contribution is 2.39. The van der Waals surface area contributed by atoms with E-state index in [-0.39, 0.29) is 24.6 Å². The molecule has 2 atom stereocenters. The fourth-order valence-corrected chi connectivity index (χ4v) is 2.98. The zero-order valence-corrected chi connectivity index (χ0v) is 14.5. The van der Waals surface area contributed by atoms with Gasteiger partial charge in [0.25, 0.3) is 11.5 Å². The van der Waals surface area contributed by atoms with Crippen LogP contribution >= 0.6 is 0 Å². The van der Waals surface area contributed by atoms with Gasteiger partial charge in [0.2, 0.25) is 5.91 Å². The van der Waals surface area contributed by atoms with E-state index in [1.165, 1.54) is 12.1 Å². The zero-order valence-electron chi connectivity index (χ0n) is 14.5. The number of pyridine rings is 1. The molecule has 7 nitrogen and oxygen atoms in total. The van der Waals surface area contributed by atoms with E-state index in [0.717, 1.165) is 18.3 Å². The van der Waals surface area contributed by atoms with Crippen molar-refractivity contribution in [2.75, 3.05) is 18.4 Å². The maximum absolute atomic E-state index is 14.4. The molecular formula is C17H18F3N5O2. The largest absolute Gasteiger partial charge is 0.309 e. The first kappa shape index (κ1) is 19.0. The number of hydrogen-bond donors (Lipinski definition) is 2. The summed E-state index contributed by atoms with van der Waals surface area (Å²) in [6.45, 7) is 1.52. The molecule has 144 valence electrons. The predicted molar refractivity (Wildman–Crippen MR) is 91.0 cm³/mol. The second kappa shape index (κ2) is 7.47. The Labute approximate surface area is 152 Å². The number of anilines is 1. The van der Waals surface area contributed by atoms with Gasteiger partial charge in [0.15, 0.2) is 0 Å². The highest BCUT2D eigenvalue weighted by atomic mass is 19.3. The van der Waals surface area contributed by atoms with Crippen molar-refractivity contribution in [3.8, 4) is 0 Å². The van der Waals surface area contributed by atoms with E-state index in [4.69, 9.17) is 0 Å². The van der Waals surface area contributed by atoms with E-state index in [1.807, 2.05) is 0 Å². The average Bonchev–Trinajstić information content (AvgIpc) is 2.64. The van der Waals surface area contributed by atoms with Gasteiger partial charge in [-0.1, -0.05) is 0 Å². The Morgan fingerprint density at radius 1 is 1.37 bits per heavy atom. The van der Waals surface area contributed by atoms with Gasteiger partial charge in [-0.05, 0) is 25.1 Å². The number of H-pyrrole nitrogens is 1. The summed E-state index contributed by atoms with van der Waals surface area (Å²) < 4.78 is 41.6. The number of hydrogen-bond acceptors (Lipinski definition) is 5. The molecule has 0 radical (unpaired) electrons. The number of piperidine rings is 1. The number of nitrogens with zero attached hydrogens (tertiary/aromatic N) is 3. The van der Waals surface area contributed by atoms with Gasteiger partial charge >= 0.3 is 0 Å². The van der Waals surface area contributed by atoms with Crippen LogP contribution in [0.15, 0.2) is 35.3 Å². The van der Waals surface area contributed by atoms with Crippen LogP contribution in [0.5, 0.6) is 0 Å². The monoisotopic (exact) mass is 381 g/mol. The van der Waals surface area contributed by atoms with Crippen LogP contribution in [0.2, 0.25) is 0 Å². The summed E-state index contributed by atoms with van der Waals surface area (Å²) in [7, 11) is 0. The second-order valence-electron chi connectivity index (χ2n) is 6.43. The Morgan fingerprint density at radius 3 is 2.78 bits per heavy atom. The SMILES string of the molecule is CC(C(=O)Nc1ccc(F)cn1)N1CCC(F)(F)[C@@H](c2ccc(=O)[nH]n2)C1. The van der Waals surface area contributed by atoms with Crippen LogP contribution in [-0.2, 0) is 4.79 Å². The molecule has 0 saturated carbocycles. The van der Waals surface area contributed by atoms with Crippen LogP contribution in [0.25, 0.3) is 0 Å². The van der Waals surface area contributed by atoms with Gasteiger partial charge in [-0.15, -0.1) is 0 Å². The Balaban J connectivity index is 1.72. The third-order valence-corrected chi connectivity index (χ3v) is 4.62. The average molecular weight is 381 g/mol. The molecule has 0 aliphatic carbocycles. The Bertz CT molecular complexity index is 851. The molecule has 1 unspecified atom stereocenters. The van der Waals surface area contributed by atoms with Crippen LogP contribution in [0.3, 0.4) is 0 Å². The summed E-state index contributed by atoms with van der Waals surface area (Å²) in [4.78, 5) is 28.9. The third-order valence-electron chi connectivity index (χ3n) is 4.62. The Morgan fingerprint density at radius 2 is 2.15 bits per heavy atom. The molecule has 3 rings (SSSR count). The van der Waals surface area contributed by atoms with Crippen molar-refractivity contribution in [1.29, 1.82) is 0 Å². The van der Waals surface area contributed by atoms with Gasteiger partial charge in [0.1, 0.15) is 11.6 Å². The van der Waals surface area contributed by atoms with Gasteiger partial charge in [-0.2, -0.15) is 5.10 Å². The molecule has 3 heterocycles. The van der Waals surface area contributed by atoms with Crippen molar-refractivity contribution < 1.29 is 18.0 Å². The maximum Gasteiger partial charge on any atom is 0.264 e. The smallest absolute Gasteiger partial charge is 0.264 e. The van der Waals surface area contributed by atoms with E-state index >= 15 is 0 Å². The van der Waals surface area contributed by atoms with E-state index in [9.17, 15) is 22.8 Å². The first-order chi connectivity index (χ1) is 12.8. The van der Waals surface area contributed by atoms with Crippen LogP contribution in [0.1, 0.15) is 25.0 Å². The Kier molecular flexibility index (Phi) is 5.26. The highest BCUT2D eigenvalue weighted by molar-refractivity contribution is 5.93. The molecule has 2 aromatic heterocycles. The van der Waals surface area contributed by atoms with E-state index < -0.39 is 41.6 Å². The summed E-state index contributed by atoms with van der Waals surface area (Å²) in [6.07, 6.45) is 0.532. The molecule has 1 amide bonds. The minimum atomic E-state index is -3.00. The van der Waals surface area contributed by atoms with Crippen molar-refractivity contribution >= 4 is 11.7 Å². The van der Waals surface area contributed by atoms with Crippen molar-refractivity contribution in [3.63, 3.8) is 0 Å². The van der Waals surface area contributed by atoms with Crippen LogP contribution < -0.4 is 10.9 Å². The van der Waals surface area contributed by atoms with Gasteiger partial charge in [-0.3, -0.25) is 14.5 Å². The van der Waals surface area contributed by atoms with Gasteiger partial charge in [0.05, 0.1) is 23.9 Å². The van der Waals surface area contributed by atoms with Crippen LogP contribution in [0.4, 0.5) is 19.0 Å². The molecule has 1 fully saturated rings. The number of aromatic amines is 1. The number of alkyl halides is 2. The number of carbonyl (C=O) groups is 1. The van der Waals surface area contributed by atoms with Crippen LogP contribution in [0, 0.1) is 5.82 Å². The van der Waals surface area contributed by atoms with E-state index in [2.05, 4.69) is 20.5 Å². The zero-order chi connectivity index (χ0) is 19.6. The molecule has 10 heteroatoms. The molecule has 27 heavy (non-hydrogen) atoms. The number of rotatable bonds is 4. The molecule has 0 spiro atoms. The van der Waals surface area contributed by atoms with Crippen molar-refractivity contribution in [3.05, 3.63) is 52.3 Å². The van der Waals surface area contributed by atoms with Crippen molar-refractivity contribution in [1.82, 2.24) is 20.1 Å². The fraction of sp³-hybridized carbons (Fsp3) is 0.412. The third kappa shape index (κ3) is 4.33. The quantitative estimate of drug-likeness (QED) is 0.842. The minimum Gasteiger partial charge on any atom is -0.309 e. The second-order valence-corrected chi connectivity index (χ2v) is 6.43. The summed E-state index contributed by atoms with van der Waals surface area (Å²) in [5, 5.41) is 8.43. The number of halogens is 3. The maximum atomic E-state index is 14.4. The minimum absolute atomic E-state index is 0.0261. The summed E-state index contributed by atoms with van der Waals surface area (Å²) in [5.41, 5.74) is -0.411. The normalized spacial score (nSPS) is 20.8. The molecule has 1 aliphatic rings. The lowest BCUT2D eigenvalue weighted by Gasteiger charge is -2.40. The molecule has 0 aromatic carbocycles. The molecular weight excluding hydrogens is 363 g/mol. The van der Waals surface area contributed by atoms with Crippen molar-refractivity contribution in [2.24, 2.45) is 0 Å². The lowest BCUT2D eigenvalue weighted by atomic mass is 9.89. The molecule has 2 aromatic rings. The topological polar surface area (TPSA) is 91.0 Å². The standard InChI is InChI=1S/C17H18F3N5O2/c1-10(16(27)22-14-4-2-11(18)8-21-14)25-7-6-17(19,20)12(9-25)13-3-5-15(26)24-23-13/h2-5,8,10,12H,6-7,9H2,1H3,(H,24,26)(H,21,22,27)/t10?,12-/m1/s1. The first-order valence-corrected chi connectivity index (χ1v) is 8.36. The number of aromatic nitrogens is 3. The number of carbonyl (C=O) groups excluding carboxylic acids is 1. The predicted octanol–water partition coefficient (Wildman–Crippen LogP) is 1.76. The van der Waals surface area contributed by atoms with Gasteiger partial charge < -0.3 is 5.32 Å². The van der Waals surface area contributed by atoms with Crippen molar-refractivity contribution in [2.45, 2.75) is 31.2 Å². The molecule has 1 saturated heterocycles. The molecule has 2 N–H and O–H groups in total. The van der Waals surface area contributed by atoms with Gasteiger partial charge in [0, 0.05) is 25.6 Å². The fourth-order valence-electron chi connectivity index (χ4n) is 2.98. The first-order valence-electron chi connectivity index (χ1n) is 8.36. The van der Waals surface area contributed by atoms with E-state index in [0.29, 0.717) is 0 Å². The molecule has 0 bridgehead atoms. The van der Waals surface area contributed by atoms with E-state index in [1.54, 1.807) is 11.8 Å². The highest BCUT2D eigenvalue weighted by Gasteiger charge is 2.47. The summed E-state index contributed by atoms with van der Waals surface area (Å²) >= 11 is 0.